The Bertz CT molecular complexity index is 1430. The molecule has 3 heterocycles. The number of halogens is 2. The van der Waals surface area contributed by atoms with Gasteiger partial charge in [-0.25, -0.2) is 8.78 Å². The van der Waals surface area contributed by atoms with Gasteiger partial charge in [-0.05, 0) is 50.3 Å². The fourth-order valence-electron chi connectivity index (χ4n) is 6.16. The van der Waals surface area contributed by atoms with Crippen LogP contribution >= 0.6 is 0 Å². The molecular formula is C28H27F2N3O4. The highest BCUT2D eigenvalue weighted by atomic mass is 19.2. The van der Waals surface area contributed by atoms with E-state index in [1.165, 1.54) is 23.0 Å². The number of carbonyl (C=O) groups excluding carboxylic acids is 1. The van der Waals surface area contributed by atoms with E-state index in [1.54, 1.807) is 11.0 Å². The molecule has 1 N–H and O–H groups in total. The molecule has 0 saturated heterocycles. The van der Waals surface area contributed by atoms with Crippen molar-refractivity contribution in [1.82, 2.24) is 9.58 Å². The van der Waals surface area contributed by atoms with Gasteiger partial charge in [-0.2, -0.15) is 0 Å². The van der Waals surface area contributed by atoms with E-state index in [-0.39, 0.29) is 31.1 Å². The highest BCUT2D eigenvalue weighted by molar-refractivity contribution is 5.97. The van der Waals surface area contributed by atoms with Gasteiger partial charge in [-0.15, -0.1) is 0 Å². The Kier molecular flexibility index (Phi) is 5.29. The molecule has 1 spiro atoms. The summed E-state index contributed by atoms with van der Waals surface area (Å²) in [5.41, 5.74) is -1.77. The van der Waals surface area contributed by atoms with Crippen LogP contribution in [0.5, 0.6) is 5.75 Å². The van der Waals surface area contributed by atoms with Crippen LogP contribution < -0.4 is 10.4 Å². The number of hydrogen-bond acceptors (Lipinski definition) is 5. The number of ether oxygens (including phenoxy) is 1. The van der Waals surface area contributed by atoms with Gasteiger partial charge >= 0.3 is 0 Å². The SMILES string of the molecule is CC12CC=C(F)C(F)=C1OC/C=C/C1(CCC1)N1CN([C@@H]2c2ccccc2)n2ccc(=O)c(O)c2C1=O. The lowest BCUT2D eigenvalue weighted by atomic mass is 9.71. The molecule has 7 nitrogen and oxygen atoms in total. The van der Waals surface area contributed by atoms with Crippen LogP contribution in [-0.4, -0.2) is 39.4 Å². The molecule has 2 aliphatic heterocycles. The molecule has 37 heavy (non-hydrogen) atoms. The summed E-state index contributed by atoms with van der Waals surface area (Å²) in [5, 5.41) is 12.7. The summed E-state index contributed by atoms with van der Waals surface area (Å²) >= 11 is 0. The predicted octanol–water partition coefficient (Wildman–Crippen LogP) is 4.60. The van der Waals surface area contributed by atoms with E-state index in [2.05, 4.69) is 0 Å². The van der Waals surface area contributed by atoms with Crippen LogP contribution in [0.4, 0.5) is 8.78 Å². The number of benzene rings is 1. The van der Waals surface area contributed by atoms with Gasteiger partial charge in [-0.3, -0.25) is 19.3 Å². The molecule has 2 aromatic rings. The van der Waals surface area contributed by atoms with E-state index in [1.807, 2.05) is 48.3 Å². The van der Waals surface area contributed by atoms with E-state index >= 15 is 4.39 Å². The summed E-state index contributed by atoms with van der Waals surface area (Å²) in [4.78, 5) is 28.0. The molecule has 1 aromatic carbocycles. The Morgan fingerprint density at radius 1 is 1.11 bits per heavy atom. The summed E-state index contributed by atoms with van der Waals surface area (Å²) in [6, 6.07) is 9.89. The van der Waals surface area contributed by atoms with Crippen LogP contribution in [0.3, 0.4) is 0 Å². The third-order valence-corrected chi connectivity index (χ3v) is 8.22. The molecule has 9 heteroatoms. The first-order valence-corrected chi connectivity index (χ1v) is 12.4. The van der Waals surface area contributed by atoms with Gasteiger partial charge in [0.15, 0.2) is 23.1 Å². The van der Waals surface area contributed by atoms with Gasteiger partial charge in [0, 0.05) is 12.3 Å². The molecule has 2 atom stereocenters. The average Bonchev–Trinajstić information content (AvgIpc) is 2.88. The molecule has 192 valence electrons. The maximum atomic E-state index is 15.4. The van der Waals surface area contributed by atoms with Crippen molar-refractivity contribution < 1.29 is 23.4 Å². The van der Waals surface area contributed by atoms with Crippen LogP contribution in [0.15, 0.2) is 83.0 Å². The number of rotatable bonds is 1. The maximum Gasteiger partial charge on any atom is 0.278 e. The van der Waals surface area contributed by atoms with Crippen LogP contribution in [0.25, 0.3) is 0 Å². The zero-order chi connectivity index (χ0) is 25.9. The second-order valence-corrected chi connectivity index (χ2v) is 10.3. The highest BCUT2D eigenvalue weighted by Crippen LogP contribution is 2.53. The first kappa shape index (κ1) is 23.5. The maximum absolute atomic E-state index is 15.4. The Morgan fingerprint density at radius 2 is 1.86 bits per heavy atom. The lowest BCUT2D eigenvalue weighted by Crippen LogP contribution is -2.65. The van der Waals surface area contributed by atoms with E-state index in [0.29, 0.717) is 12.8 Å². The lowest BCUT2D eigenvalue weighted by molar-refractivity contribution is 0.0204. The number of nitrogens with zero attached hydrogens (tertiary/aromatic N) is 3. The molecule has 6 rings (SSSR count). The summed E-state index contributed by atoms with van der Waals surface area (Å²) in [6.45, 7) is 1.92. The highest BCUT2D eigenvalue weighted by Gasteiger charge is 2.53. The summed E-state index contributed by atoms with van der Waals surface area (Å²) in [6.07, 6.45) is 8.71. The zero-order valence-corrected chi connectivity index (χ0v) is 20.4. The number of amides is 1. The van der Waals surface area contributed by atoms with Crippen molar-refractivity contribution in [1.29, 1.82) is 0 Å². The van der Waals surface area contributed by atoms with Crippen molar-refractivity contribution in [2.45, 2.75) is 44.2 Å². The zero-order valence-electron chi connectivity index (χ0n) is 20.4. The smallest absolute Gasteiger partial charge is 0.278 e. The molecule has 2 bridgehead atoms. The number of aromatic nitrogens is 1. The van der Waals surface area contributed by atoms with Gasteiger partial charge in [0.1, 0.15) is 19.0 Å². The van der Waals surface area contributed by atoms with Crippen molar-refractivity contribution in [2.75, 3.05) is 18.3 Å². The predicted molar refractivity (Wildman–Crippen MR) is 133 cm³/mol. The Labute approximate surface area is 212 Å². The number of hydrogen-bond donors (Lipinski definition) is 1. The lowest BCUT2D eigenvalue weighted by Gasteiger charge is -2.55. The number of aromatic hydroxyl groups is 1. The summed E-state index contributed by atoms with van der Waals surface area (Å²) in [7, 11) is 0. The first-order chi connectivity index (χ1) is 17.8. The number of fused-ring (bicyclic) bond motifs is 6. The molecule has 1 saturated carbocycles. The monoisotopic (exact) mass is 507 g/mol. The average molecular weight is 508 g/mol. The molecule has 1 aromatic heterocycles. The fourth-order valence-corrected chi connectivity index (χ4v) is 6.16. The number of allylic oxidation sites excluding steroid dienone is 3. The molecular weight excluding hydrogens is 480 g/mol. The molecule has 1 unspecified atom stereocenters. The topological polar surface area (TPSA) is 75.0 Å². The van der Waals surface area contributed by atoms with Gasteiger partial charge in [-0.1, -0.05) is 36.4 Å². The van der Waals surface area contributed by atoms with Gasteiger partial charge in [0.25, 0.3) is 5.91 Å². The summed E-state index contributed by atoms with van der Waals surface area (Å²) in [5.74, 6) is -3.21. The van der Waals surface area contributed by atoms with E-state index in [0.717, 1.165) is 12.0 Å². The van der Waals surface area contributed by atoms with Crippen molar-refractivity contribution >= 4 is 5.91 Å². The molecule has 0 radical (unpaired) electrons. The Morgan fingerprint density at radius 3 is 2.57 bits per heavy atom. The van der Waals surface area contributed by atoms with Crippen molar-refractivity contribution in [3.05, 3.63) is 99.7 Å². The third kappa shape index (κ3) is 3.36. The van der Waals surface area contributed by atoms with Crippen LogP contribution in [0.2, 0.25) is 0 Å². The third-order valence-electron chi connectivity index (χ3n) is 8.22. The molecule has 1 amide bonds. The minimum absolute atomic E-state index is 0.00691. The van der Waals surface area contributed by atoms with Gasteiger partial charge in [0.05, 0.1) is 17.0 Å². The van der Waals surface area contributed by atoms with Crippen molar-refractivity contribution in [2.24, 2.45) is 5.41 Å². The first-order valence-electron chi connectivity index (χ1n) is 12.4. The second kappa shape index (κ2) is 8.33. The fraction of sp³-hybridized carbons (Fsp3) is 0.357. The number of carbonyl (C=O) groups is 1. The van der Waals surface area contributed by atoms with Gasteiger partial charge in [0.2, 0.25) is 5.43 Å². The number of pyridine rings is 1. The summed E-state index contributed by atoms with van der Waals surface area (Å²) < 4.78 is 37.5. The Balaban J connectivity index is 1.66. The van der Waals surface area contributed by atoms with E-state index < -0.39 is 45.7 Å². The second-order valence-electron chi connectivity index (χ2n) is 10.3. The van der Waals surface area contributed by atoms with E-state index in [9.17, 15) is 19.1 Å². The van der Waals surface area contributed by atoms with Crippen LogP contribution in [0.1, 0.15) is 54.7 Å². The quantitative estimate of drug-likeness (QED) is 0.571. The van der Waals surface area contributed by atoms with E-state index in [4.69, 9.17) is 4.74 Å². The largest absolute Gasteiger partial charge is 0.502 e. The van der Waals surface area contributed by atoms with Gasteiger partial charge < -0.3 is 14.7 Å². The van der Waals surface area contributed by atoms with Crippen LogP contribution in [0, 0.1) is 5.41 Å². The molecule has 1 fully saturated rings. The van der Waals surface area contributed by atoms with Crippen molar-refractivity contribution in [3.63, 3.8) is 0 Å². The minimum atomic E-state index is -1.10. The Hall–Kier alpha value is -3.88. The van der Waals surface area contributed by atoms with Crippen molar-refractivity contribution in [3.8, 4) is 5.75 Å². The molecule has 4 aliphatic rings. The minimum Gasteiger partial charge on any atom is -0.502 e. The van der Waals surface area contributed by atoms with Crippen LogP contribution in [-0.2, 0) is 4.74 Å². The molecule has 2 aliphatic carbocycles. The normalized spacial score (nSPS) is 27.4. The standard InChI is InChI=1S/C28H27F2N3O4/c1-27-14-9-19(29)21(30)25(27)37-16-6-13-28(11-5-12-28)31-17-33(24(27)18-7-3-2-4-8-18)32-15-10-20(34)23(35)22(32)26(31)36/h2-4,6-10,13,15,24,35H,5,11-12,14,16-17H2,1H3/b13-6+/t24-,27?/m1/s1.